The van der Waals surface area contributed by atoms with Gasteiger partial charge >= 0.3 is 5.97 Å². The van der Waals surface area contributed by atoms with Gasteiger partial charge in [-0.15, -0.1) is 0 Å². The summed E-state index contributed by atoms with van der Waals surface area (Å²) in [7, 11) is -3.15. The molecule has 8 nitrogen and oxygen atoms in total. The topological polar surface area (TPSA) is 116 Å². The van der Waals surface area contributed by atoms with Crippen LogP contribution in [0.5, 0.6) is 0 Å². The summed E-state index contributed by atoms with van der Waals surface area (Å²) in [5, 5.41) is 6.54. The number of aryl methyl sites for hydroxylation is 1. The van der Waals surface area contributed by atoms with Crippen molar-refractivity contribution >= 4 is 21.7 Å². The molecule has 1 aliphatic rings. The van der Waals surface area contributed by atoms with E-state index in [2.05, 4.69) is 10.5 Å². The van der Waals surface area contributed by atoms with Crippen LogP contribution >= 0.6 is 0 Å². The molecule has 0 bridgehead atoms. The number of hydrogen-bond donors (Lipinski definition) is 1. The summed E-state index contributed by atoms with van der Waals surface area (Å²) < 4.78 is 33.4. The van der Waals surface area contributed by atoms with Crippen LogP contribution in [0.1, 0.15) is 29.5 Å². The van der Waals surface area contributed by atoms with Crippen molar-refractivity contribution in [1.82, 2.24) is 10.5 Å². The van der Waals surface area contributed by atoms with Gasteiger partial charge in [0.25, 0.3) is 5.91 Å². The van der Waals surface area contributed by atoms with Crippen LogP contribution in [0, 0.1) is 6.92 Å². The van der Waals surface area contributed by atoms with Gasteiger partial charge in [0.15, 0.2) is 16.4 Å². The van der Waals surface area contributed by atoms with Crippen molar-refractivity contribution in [3.8, 4) is 11.3 Å². The Morgan fingerprint density at radius 1 is 1.30 bits per heavy atom. The summed E-state index contributed by atoms with van der Waals surface area (Å²) in [6, 6.07) is 9.00. The normalized spacial score (nSPS) is 21.0. The van der Waals surface area contributed by atoms with Crippen LogP contribution in [-0.2, 0) is 19.4 Å². The highest BCUT2D eigenvalue weighted by Gasteiger charge is 2.39. The molecule has 0 saturated carbocycles. The van der Waals surface area contributed by atoms with Gasteiger partial charge in [0, 0.05) is 5.56 Å². The average Bonchev–Trinajstić information content (AvgIpc) is 3.12. The number of ether oxygens (including phenoxy) is 1. The number of benzene rings is 1. The van der Waals surface area contributed by atoms with E-state index in [0.717, 1.165) is 0 Å². The molecule has 0 radical (unpaired) electrons. The minimum absolute atomic E-state index is 0.0316. The van der Waals surface area contributed by atoms with Gasteiger partial charge in [-0.05, 0) is 20.3 Å². The van der Waals surface area contributed by atoms with E-state index < -0.39 is 33.9 Å². The van der Waals surface area contributed by atoms with E-state index in [9.17, 15) is 18.0 Å². The molecule has 2 aromatic rings. The maximum absolute atomic E-state index is 12.4. The number of hydrogen-bond acceptors (Lipinski definition) is 7. The molecule has 1 fully saturated rings. The van der Waals surface area contributed by atoms with E-state index in [4.69, 9.17) is 9.26 Å². The number of aromatic nitrogens is 1. The highest BCUT2D eigenvalue weighted by Crippen LogP contribution is 2.26. The smallest absolute Gasteiger partial charge is 0.344 e. The van der Waals surface area contributed by atoms with Gasteiger partial charge in [-0.1, -0.05) is 35.5 Å². The lowest BCUT2D eigenvalue weighted by atomic mass is 10.0. The van der Waals surface area contributed by atoms with E-state index in [-0.39, 0.29) is 22.8 Å². The lowest BCUT2D eigenvalue weighted by molar-refractivity contribution is -0.125. The van der Waals surface area contributed by atoms with Gasteiger partial charge in [0.2, 0.25) is 0 Å². The lowest BCUT2D eigenvalue weighted by Gasteiger charge is -2.23. The van der Waals surface area contributed by atoms with Crippen LogP contribution in [0.4, 0.5) is 0 Å². The SMILES string of the molecule is Cc1onc(-c2ccccc2)c1C(=O)OCC(=O)N[C@]1(C)CCS(=O)(=O)C1. The molecule has 1 atom stereocenters. The van der Waals surface area contributed by atoms with Gasteiger partial charge in [0.1, 0.15) is 17.0 Å². The first-order chi connectivity index (χ1) is 12.7. The summed E-state index contributed by atoms with van der Waals surface area (Å²) in [6.45, 7) is 2.72. The van der Waals surface area contributed by atoms with E-state index in [0.29, 0.717) is 17.7 Å². The van der Waals surface area contributed by atoms with E-state index >= 15 is 0 Å². The molecule has 144 valence electrons. The first-order valence-electron chi connectivity index (χ1n) is 8.39. The number of carbonyl (C=O) groups excluding carboxylic acids is 2. The lowest BCUT2D eigenvalue weighted by Crippen LogP contribution is -2.48. The highest BCUT2D eigenvalue weighted by molar-refractivity contribution is 7.91. The molecule has 1 amide bonds. The third-order valence-corrected chi connectivity index (χ3v) is 6.30. The van der Waals surface area contributed by atoms with Crippen LogP contribution in [0.25, 0.3) is 11.3 Å². The first kappa shape index (κ1) is 19.1. The quantitative estimate of drug-likeness (QED) is 0.767. The van der Waals surface area contributed by atoms with Gasteiger partial charge in [0.05, 0.1) is 17.0 Å². The number of sulfone groups is 1. The molecule has 1 aromatic heterocycles. The predicted molar refractivity (Wildman–Crippen MR) is 96.8 cm³/mol. The van der Waals surface area contributed by atoms with Gasteiger partial charge in [-0.3, -0.25) is 4.79 Å². The number of carbonyl (C=O) groups is 2. The molecule has 27 heavy (non-hydrogen) atoms. The molecule has 0 unspecified atom stereocenters. The van der Waals surface area contributed by atoms with Crippen molar-refractivity contribution in [3.63, 3.8) is 0 Å². The van der Waals surface area contributed by atoms with E-state index in [1.807, 2.05) is 6.07 Å². The zero-order valence-corrected chi connectivity index (χ0v) is 15.8. The average molecular weight is 392 g/mol. The molecule has 9 heteroatoms. The Morgan fingerprint density at radius 2 is 2.00 bits per heavy atom. The monoisotopic (exact) mass is 392 g/mol. The molecule has 2 heterocycles. The molecule has 1 aromatic carbocycles. The van der Waals surface area contributed by atoms with Crippen molar-refractivity contribution in [2.45, 2.75) is 25.8 Å². The Kier molecular flexibility index (Phi) is 5.05. The number of esters is 1. The van der Waals surface area contributed by atoms with Crippen LogP contribution in [0.15, 0.2) is 34.9 Å². The molecule has 1 N–H and O–H groups in total. The Labute approximate surface area is 156 Å². The molecular weight excluding hydrogens is 372 g/mol. The summed E-state index contributed by atoms with van der Waals surface area (Å²) in [5.74, 6) is -1.09. The standard InChI is InChI=1S/C18H20N2O6S/c1-12-15(16(20-26-12)13-6-4-3-5-7-13)17(22)25-10-14(21)19-18(2)8-9-27(23,24)11-18/h3-7H,8-11H2,1-2H3,(H,19,21)/t18-/m1/s1. The second-order valence-electron chi connectivity index (χ2n) is 6.86. The molecule has 3 rings (SSSR count). The van der Waals surface area contributed by atoms with E-state index in [1.54, 1.807) is 38.1 Å². The highest BCUT2D eigenvalue weighted by atomic mass is 32.2. The Balaban J connectivity index is 1.65. The van der Waals surface area contributed by atoms with Crippen LogP contribution in [-0.4, -0.2) is 49.1 Å². The second-order valence-corrected chi connectivity index (χ2v) is 9.04. The van der Waals surface area contributed by atoms with Crippen molar-refractivity contribution in [3.05, 3.63) is 41.7 Å². The summed E-state index contributed by atoms with van der Waals surface area (Å²) in [5.41, 5.74) is 0.343. The first-order valence-corrected chi connectivity index (χ1v) is 10.2. The molecule has 0 spiro atoms. The van der Waals surface area contributed by atoms with Crippen molar-refractivity contribution < 1.29 is 27.3 Å². The molecule has 0 aliphatic carbocycles. The Morgan fingerprint density at radius 3 is 2.63 bits per heavy atom. The zero-order valence-electron chi connectivity index (χ0n) is 15.0. The largest absolute Gasteiger partial charge is 0.452 e. The maximum Gasteiger partial charge on any atom is 0.344 e. The van der Waals surface area contributed by atoms with Crippen molar-refractivity contribution in [1.29, 1.82) is 0 Å². The third kappa shape index (κ3) is 4.36. The molecule has 1 saturated heterocycles. The fourth-order valence-electron chi connectivity index (χ4n) is 3.09. The maximum atomic E-state index is 12.4. The third-order valence-electron chi connectivity index (χ3n) is 4.39. The Hall–Kier alpha value is -2.68. The summed E-state index contributed by atoms with van der Waals surface area (Å²) in [6.07, 6.45) is 0.331. The zero-order chi connectivity index (χ0) is 19.7. The fraction of sp³-hybridized carbons (Fsp3) is 0.389. The molecule has 1 aliphatic heterocycles. The minimum atomic E-state index is -3.15. The van der Waals surface area contributed by atoms with E-state index in [1.165, 1.54) is 0 Å². The van der Waals surface area contributed by atoms with Gasteiger partial charge in [-0.25, -0.2) is 13.2 Å². The number of nitrogens with zero attached hydrogens (tertiary/aromatic N) is 1. The summed E-state index contributed by atoms with van der Waals surface area (Å²) >= 11 is 0. The fourth-order valence-corrected chi connectivity index (χ4v) is 5.18. The Bertz CT molecular complexity index is 967. The number of rotatable bonds is 5. The van der Waals surface area contributed by atoms with Crippen molar-refractivity contribution in [2.75, 3.05) is 18.1 Å². The van der Waals surface area contributed by atoms with Crippen LogP contribution in [0.3, 0.4) is 0 Å². The van der Waals surface area contributed by atoms with Crippen LogP contribution in [0.2, 0.25) is 0 Å². The number of amides is 1. The van der Waals surface area contributed by atoms with Gasteiger partial charge in [-0.2, -0.15) is 0 Å². The predicted octanol–water partition coefficient (Wildman–Crippen LogP) is 1.50. The van der Waals surface area contributed by atoms with Gasteiger partial charge < -0.3 is 14.6 Å². The minimum Gasteiger partial charge on any atom is -0.452 e. The number of nitrogens with one attached hydrogen (secondary N) is 1. The summed E-state index contributed by atoms with van der Waals surface area (Å²) in [4.78, 5) is 24.6. The van der Waals surface area contributed by atoms with Crippen molar-refractivity contribution in [2.24, 2.45) is 0 Å². The molecular formula is C18H20N2O6S. The van der Waals surface area contributed by atoms with Crippen LogP contribution < -0.4 is 5.32 Å². The second kappa shape index (κ2) is 7.15.